The van der Waals surface area contributed by atoms with Crippen molar-refractivity contribution in [2.45, 2.75) is 35.5 Å². The van der Waals surface area contributed by atoms with Crippen molar-refractivity contribution in [2.24, 2.45) is 5.92 Å². The Balaban J connectivity index is 1.83. The lowest BCUT2D eigenvalue weighted by atomic mass is 9.85. The number of hydrogen-bond acceptors (Lipinski definition) is 4. The number of thioether (sulfide) groups is 1. The highest BCUT2D eigenvalue weighted by Gasteiger charge is 2.54. The minimum Gasteiger partial charge on any atom is -0.458 e. The first-order chi connectivity index (χ1) is 9.61. The Morgan fingerprint density at radius 3 is 2.55 bits per heavy atom. The van der Waals surface area contributed by atoms with Gasteiger partial charge in [-0.3, -0.25) is 4.79 Å². The van der Waals surface area contributed by atoms with Crippen molar-refractivity contribution >= 4 is 17.7 Å². The van der Waals surface area contributed by atoms with E-state index < -0.39 is 0 Å². The lowest BCUT2D eigenvalue weighted by Crippen LogP contribution is -2.48. The fraction of sp³-hybridized carbons (Fsp3) is 0.562. The van der Waals surface area contributed by atoms with Gasteiger partial charge in [0, 0.05) is 30.8 Å². The third-order valence-corrected chi connectivity index (χ3v) is 6.12. The maximum atomic E-state index is 12.1. The third-order valence-electron chi connectivity index (χ3n) is 4.49. The zero-order chi connectivity index (χ0) is 14.2. The monoisotopic (exact) mass is 291 g/mol. The summed E-state index contributed by atoms with van der Waals surface area (Å²) in [6.07, 6.45) is 1.90. The number of nitrogens with zero attached hydrogens (tertiary/aromatic N) is 1. The van der Waals surface area contributed by atoms with Crippen LogP contribution in [0.3, 0.4) is 0 Å². The van der Waals surface area contributed by atoms with Crippen LogP contribution in [-0.2, 0) is 9.53 Å². The summed E-state index contributed by atoms with van der Waals surface area (Å²) >= 11 is 1.81. The van der Waals surface area contributed by atoms with Crippen molar-refractivity contribution in [2.75, 3.05) is 20.1 Å². The molecule has 3 nitrogen and oxygen atoms in total. The van der Waals surface area contributed by atoms with Crippen LogP contribution in [0.4, 0.5) is 0 Å². The van der Waals surface area contributed by atoms with Crippen molar-refractivity contribution in [1.29, 1.82) is 0 Å². The lowest BCUT2D eigenvalue weighted by Gasteiger charge is -2.40. The Labute approximate surface area is 124 Å². The number of piperidine rings is 1. The molecule has 2 aliphatic rings. The topological polar surface area (TPSA) is 29.5 Å². The Morgan fingerprint density at radius 1 is 1.25 bits per heavy atom. The molecule has 2 heterocycles. The number of ether oxygens (including phenoxy) is 1. The molecule has 0 aliphatic carbocycles. The third kappa shape index (κ3) is 2.47. The van der Waals surface area contributed by atoms with E-state index in [0.29, 0.717) is 0 Å². The molecule has 0 unspecified atom stereocenters. The van der Waals surface area contributed by atoms with Gasteiger partial charge in [-0.15, -0.1) is 11.8 Å². The van der Waals surface area contributed by atoms with Gasteiger partial charge in [0.2, 0.25) is 0 Å². The first-order valence-electron chi connectivity index (χ1n) is 7.24. The summed E-state index contributed by atoms with van der Waals surface area (Å²) in [4.78, 5) is 15.6. The second-order valence-electron chi connectivity index (χ2n) is 5.93. The molecule has 20 heavy (non-hydrogen) atoms. The average Bonchev–Trinajstić information content (AvgIpc) is 2.68. The van der Waals surface area contributed by atoms with Gasteiger partial charge in [-0.05, 0) is 19.2 Å². The van der Waals surface area contributed by atoms with Crippen LogP contribution in [0, 0.1) is 5.92 Å². The second-order valence-corrected chi connectivity index (χ2v) is 7.14. The summed E-state index contributed by atoms with van der Waals surface area (Å²) in [5.74, 6) is -0.0494. The summed E-state index contributed by atoms with van der Waals surface area (Å²) in [7, 11) is 2.13. The zero-order valence-corrected chi connectivity index (χ0v) is 12.9. The molecule has 2 fully saturated rings. The molecule has 0 radical (unpaired) electrons. The van der Waals surface area contributed by atoms with E-state index in [1.807, 2.05) is 25.1 Å². The van der Waals surface area contributed by atoms with E-state index in [1.54, 1.807) is 11.8 Å². The Morgan fingerprint density at radius 2 is 1.90 bits per heavy atom. The molecule has 0 bridgehead atoms. The van der Waals surface area contributed by atoms with E-state index in [-0.39, 0.29) is 22.7 Å². The summed E-state index contributed by atoms with van der Waals surface area (Å²) in [6, 6.07) is 10.3. The van der Waals surface area contributed by atoms with E-state index in [9.17, 15) is 4.79 Å². The quantitative estimate of drug-likeness (QED) is 0.784. The van der Waals surface area contributed by atoms with Gasteiger partial charge < -0.3 is 9.64 Å². The molecular weight excluding hydrogens is 270 g/mol. The molecule has 2 atom stereocenters. The van der Waals surface area contributed by atoms with Crippen LogP contribution in [0.1, 0.15) is 19.8 Å². The summed E-state index contributed by atoms with van der Waals surface area (Å²) in [6.45, 7) is 4.02. The molecule has 1 aromatic rings. The van der Waals surface area contributed by atoms with Gasteiger partial charge in [0.15, 0.2) is 0 Å². The molecule has 108 valence electrons. The van der Waals surface area contributed by atoms with E-state index in [0.717, 1.165) is 25.9 Å². The molecule has 2 saturated heterocycles. The van der Waals surface area contributed by atoms with Gasteiger partial charge in [-0.1, -0.05) is 25.1 Å². The minimum absolute atomic E-state index is 0.0244. The number of carbonyl (C=O) groups excluding carboxylic acids is 1. The number of esters is 1. The van der Waals surface area contributed by atoms with E-state index in [1.165, 1.54) is 4.90 Å². The Hall–Kier alpha value is -1.00. The lowest BCUT2D eigenvalue weighted by molar-refractivity contribution is -0.153. The largest absolute Gasteiger partial charge is 0.458 e. The highest BCUT2D eigenvalue weighted by molar-refractivity contribution is 8.00. The minimum atomic E-state index is -0.260. The summed E-state index contributed by atoms with van der Waals surface area (Å²) in [5, 5.41) is 0.228. The van der Waals surface area contributed by atoms with Gasteiger partial charge in [0.05, 0.1) is 11.2 Å². The number of hydrogen-bond donors (Lipinski definition) is 0. The normalized spacial score (nSPS) is 29.6. The summed E-state index contributed by atoms with van der Waals surface area (Å²) < 4.78 is 5.85. The zero-order valence-electron chi connectivity index (χ0n) is 12.0. The first-order valence-corrected chi connectivity index (χ1v) is 8.12. The van der Waals surface area contributed by atoms with Crippen LogP contribution >= 0.6 is 11.8 Å². The molecule has 0 N–H and O–H groups in total. The molecule has 0 saturated carbocycles. The Bertz CT molecular complexity index is 483. The predicted molar refractivity (Wildman–Crippen MR) is 80.8 cm³/mol. The average molecular weight is 291 g/mol. The van der Waals surface area contributed by atoms with Gasteiger partial charge in [-0.25, -0.2) is 0 Å². The molecule has 0 aromatic heterocycles. The van der Waals surface area contributed by atoms with Crippen molar-refractivity contribution in [3.63, 3.8) is 0 Å². The fourth-order valence-corrected chi connectivity index (χ4v) is 4.59. The van der Waals surface area contributed by atoms with E-state index in [2.05, 4.69) is 24.1 Å². The maximum Gasteiger partial charge on any atom is 0.310 e. The molecule has 3 rings (SSSR count). The van der Waals surface area contributed by atoms with Crippen molar-refractivity contribution in [3.8, 4) is 0 Å². The van der Waals surface area contributed by atoms with Crippen molar-refractivity contribution in [1.82, 2.24) is 4.90 Å². The predicted octanol–water partition coefficient (Wildman–Crippen LogP) is 2.80. The van der Waals surface area contributed by atoms with Crippen LogP contribution < -0.4 is 0 Å². The van der Waals surface area contributed by atoms with Crippen LogP contribution in [0.15, 0.2) is 35.2 Å². The van der Waals surface area contributed by atoms with Gasteiger partial charge >= 0.3 is 5.97 Å². The number of rotatable bonds is 2. The first kappa shape index (κ1) is 14.0. The number of benzene rings is 1. The molecule has 4 heteroatoms. The van der Waals surface area contributed by atoms with Gasteiger partial charge in [-0.2, -0.15) is 0 Å². The number of likely N-dealkylation sites (tertiary alicyclic amines) is 1. The van der Waals surface area contributed by atoms with Gasteiger partial charge in [0.25, 0.3) is 0 Å². The van der Waals surface area contributed by atoms with E-state index >= 15 is 0 Å². The van der Waals surface area contributed by atoms with Crippen LogP contribution in [-0.4, -0.2) is 41.9 Å². The molecular formula is C16H21NO2S. The maximum absolute atomic E-state index is 12.1. The van der Waals surface area contributed by atoms with Crippen LogP contribution in [0.5, 0.6) is 0 Å². The molecule has 0 amide bonds. The SMILES string of the molecule is C[C@H]1C(=O)OC2(CCN(C)CC2)[C@@H]1Sc1ccccc1. The van der Waals surface area contributed by atoms with Crippen molar-refractivity contribution < 1.29 is 9.53 Å². The van der Waals surface area contributed by atoms with Crippen LogP contribution in [0.2, 0.25) is 0 Å². The number of carbonyl (C=O) groups is 1. The van der Waals surface area contributed by atoms with Gasteiger partial charge in [0.1, 0.15) is 5.60 Å². The fourth-order valence-electron chi connectivity index (χ4n) is 3.17. The smallest absolute Gasteiger partial charge is 0.310 e. The highest BCUT2D eigenvalue weighted by atomic mass is 32.2. The van der Waals surface area contributed by atoms with E-state index in [4.69, 9.17) is 4.74 Å². The highest BCUT2D eigenvalue weighted by Crippen LogP contribution is 2.47. The molecule has 2 aliphatic heterocycles. The summed E-state index contributed by atoms with van der Waals surface area (Å²) in [5.41, 5.74) is -0.260. The molecule has 1 aromatic carbocycles. The van der Waals surface area contributed by atoms with Crippen molar-refractivity contribution in [3.05, 3.63) is 30.3 Å². The Kier molecular flexibility index (Phi) is 3.78. The van der Waals surface area contributed by atoms with Crippen LogP contribution in [0.25, 0.3) is 0 Å². The second kappa shape index (κ2) is 5.41. The molecule has 1 spiro atoms. The standard InChI is InChI=1S/C16H21NO2S/c1-12-14(20-13-6-4-3-5-7-13)16(19-15(12)18)8-10-17(2)11-9-16/h3-7,12,14H,8-11H2,1-2H3/t12-,14-/m1/s1.